The van der Waals surface area contributed by atoms with E-state index < -0.39 is 0 Å². The van der Waals surface area contributed by atoms with Gasteiger partial charge in [-0.3, -0.25) is 14.0 Å². The van der Waals surface area contributed by atoms with Gasteiger partial charge in [0.1, 0.15) is 11.8 Å². The lowest BCUT2D eigenvalue weighted by molar-refractivity contribution is 0.146. The van der Waals surface area contributed by atoms with Crippen molar-refractivity contribution >= 4 is 11.5 Å². The Labute approximate surface area is 233 Å². The average molecular weight is 554 g/mol. The number of fused-ring (bicyclic) bond motifs is 4. The summed E-state index contributed by atoms with van der Waals surface area (Å²) in [4.78, 5) is 11.5. The first-order chi connectivity index (χ1) is 19.2. The normalized spacial score (nSPS) is 16.6. The standard InChI is InChI=1S/C27H39N9O4/c1-16(2)39-26-19-8-7-18-11-29-25-24(28)30-20(13-35(18)25)23-21(15-38-6)31-34(5)27(23)40-17(3)12-33(4)14-22(19)36(32-26)9-10-37/h11,13,16-17,37H,7-10,12,14-15H2,1-6H3,(H2,28,30)/t17-/m0/s1. The second kappa shape index (κ2) is 11.4. The third-order valence-corrected chi connectivity index (χ3v) is 6.92. The molecule has 0 saturated carbocycles. The van der Waals surface area contributed by atoms with E-state index in [2.05, 4.69) is 15.0 Å². The van der Waals surface area contributed by atoms with E-state index in [1.807, 2.05) is 56.3 Å². The minimum Gasteiger partial charge on any atom is -0.474 e. The molecule has 3 N–H and O–H groups in total. The molecule has 0 unspecified atom stereocenters. The lowest BCUT2D eigenvalue weighted by atomic mass is 10.1. The van der Waals surface area contributed by atoms with Crippen molar-refractivity contribution in [3.63, 3.8) is 0 Å². The maximum Gasteiger partial charge on any atom is 0.236 e. The topological polar surface area (TPSA) is 143 Å². The Balaban J connectivity index is 1.68. The van der Waals surface area contributed by atoms with Crippen molar-refractivity contribution < 1.29 is 19.3 Å². The van der Waals surface area contributed by atoms with Gasteiger partial charge in [0, 0.05) is 50.9 Å². The van der Waals surface area contributed by atoms with E-state index in [-0.39, 0.29) is 18.8 Å². The largest absolute Gasteiger partial charge is 0.474 e. The highest BCUT2D eigenvalue weighted by atomic mass is 16.5. The van der Waals surface area contributed by atoms with E-state index >= 15 is 0 Å². The van der Waals surface area contributed by atoms with Gasteiger partial charge in [-0.05, 0) is 40.7 Å². The monoisotopic (exact) mass is 553 g/mol. The molecule has 1 aliphatic heterocycles. The molecule has 1 atom stereocenters. The van der Waals surface area contributed by atoms with Crippen LogP contribution < -0.4 is 15.2 Å². The lowest BCUT2D eigenvalue weighted by Crippen LogP contribution is -2.32. The zero-order valence-corrected chi connectivity index (χ0v) is 24.1. The van der Waals surface area contributed by atoms with Crippen LogP contribution in [-0.4, -0.2) is 83.5 Å². The first-order valence-corrected chi connectivity index (χ1v) is 13.6. The highest BCUT2D eigenvalue weighted by Crippen LogP contribution is 2.35. The summed E-state index contributed by atoms with van der Waals surface area (Å²) in [5, 5.41) is 19.2. The second-order valence-electron chi connectivity index (χ2n) is 10.6. The summed E-state index contributed by atoms with van der Waals surface area (Å²) >= 11 is 0. The Morgan fingerprint density at radius 1 is 1.23 bits per heavy atom. The first-order valence-electron chi connectivity index (χ1n) is 13.6. The highest BCUT2D eigenvalue weighted by molar-refractivity contribution is 5.72. The molecule has 0 aromatic carbocycles. The number of hydrogen-bond acceptors (Lipinski definition) is 10. The van der Waals surface area contributed by atoms with E-state index in [0.717, 1.165) is 22.5 Å². The molecule has 2 bridgehead atoms. The van der Waals surface area contributed by atoms with Crippen LogP contribution in [0.1, 0.15) is 43.4 Å². The fraction of sp³-hybridized carbons (Fsp3) is 0.556. The summed E-state index contributed by atoms with van der Waals surface area (Å²) in [6.45, 7) is 7.90. The summed E-state index contributed by atoms with van der Waals surface area (Å²) < 4.78 is 23.7. The van der Waals surface area contributed by atoms with Crippen LogP contribution in [0.2, 0.25) is 0 Å². The van der Waals surface area contributed by atoms with Crippen molar-refractivity contribution in [2.45, 2.75) is 65.5 Å². The molecule has 0 aliphatic carbocycles. The van der Waals surface area contributed by atoms with Crippen LogP contribution in [0.25, 0.3) is 16.9 Å². The maximum absolute atomic E-state index is 9.78. The van der Waals surface area contributed by atoms with Crippen molar-refractivity contribution in [3.8, 4) is 23.0 Å². The number of likely N-dealkylation sites (N-methyl/N-ethyl adjacent to an activating group) is 1. The van der Waals surface area contributed by atoms with Crippen molar-refractivity contribution in [2.24, 2.45) is 7.05 Å². The Bertz CT molecular complexity index is 1490. The van der Waals surface area contributed by atoms with Crippen LogP contribution >= 0.6 is 0 Å². The molecular formula is C27H39N9O4. The predicted octanol–water partition coefficient (Wildman–Crippen LogP) is 1.83. The summed E-state index contributed by atoms with van der Waals surface area (Å²) in [5.74, 6) is 1.51. The lowest BCUT2D eigenvalue weighted by Gasteiger charge is -2.23. The molecular weight excluding hydrogens is 514 g/mol. The van der Waals surface area contributed by atoms with E-state index in [1.54, 1.807) is 11.8 Å². The molecule has 0 amide bonds. The molecule has 5 rings (SSSR count). The number of anilines is 1. The number of aromatic nitrogens is 7. The van der Waals surface area contributed by atoms with Crippen molar-refractivity contribution in [2.75, 3.05) is 33.0 Å². The average Bonchev–Trinajstić information content (AvgIpc) is 3.52. The molecule has 4 aromatic rings. The zero-order chi connectivity index (χ0) is 28.6. The van der Waals surface area contributed by atoms with E-state index in [0.29, 0.717) is 73.7 Å². The molecule has 40 heavy (non-hydrogen) atoms. The number of nitrogens with zero attached hydrogens (tertiary/aromatic N) is 8. The molecule has 216 valence electrons. The molecule has 0 radical (unpaired) electrons. The highest BCUT2D eigenvalue weighted by Gasteiger charge is 2.27. The molecule has 5 heterocycles. The number of aryl methyl sites for hydroxylation is 2. The predicted molar refractivity (Wildman–Crippen MR) is 149 cm³/mol. The van der Waals surface area contributed by atoms with Crippen molar-refractivity contribution in [1.29, 1.82) is 0 Å². The van der Waals surface area contributed by atoms with Crippen LogP contribution in [0.4, 0.5) is 5.82 Å². The number of aliphatic hydroxyl groups is 1. The van der Waals surface area contributed by atoms with Gasteiger partial charge in [-0.2, -0.15) is 5.10 Å². The fourth-order valence-electron chi connectivity index (χ4n) is 5.33. The SMILES string of the molecule is COCc1nn(C)c2c1-c1cn3c(cnc3c(N)n1)CCc1c(OC(C)C)nn(CCO)c1CN(C)C[C@H](C)O2. The molecule has 4 aromatic heterocycles. The van der Waals surface area contributed by atoms with Gasteiger partial charge in [-0.1, -0.05) is 0 Å². The number of hydrogen-bond donors (Lipinski definition) is 2. The number of imidazole rings is 1. The van der Waals surface area contributed by atoms with Crippen LogP contribution in [0.3, 0.4) is 0 Å². The van der Waals surface area contributed by atoms with E-state index in [9.17, 15) is 5.11 Å². The van der Waals surface area contributed by atoms with Gasteiger partial charge in [-0.25, -0.2) is 14.6 Å². The van der Waals surface area contributed by atoms with Crippen LogP contribution in [0, 0.1) is 0 Å². The summed E-state index contributed by atoms with van der Waals surface area (Å²) in [7, 11) is 5.54. The number of nitrogens with two attached hydrogens (primary N) is 1. The number of nitrogen functional groups attached to an aromatic ring is 1. The van der Waals surface area contributed by atoms with Gasteiger partial charge in [0.05, 0.1) is 42.8 Å². The number of methoxy groups -OCH3 is 1. The van der Waals surface area contributed by atoms with Gasteiger partial charge < -0.3 is 25.1 Å². The second-order valence-corrected chi connectivity index (χ2v) is 10.6. The quantitative estimate of drug-likeness (QED) is 0.363. The Morgan fingerprint density at radius 2 is 2.02 bits per heavy atom. The van der Waals surface area contributed by atoms with Crippen LogP contribution in [0.5, 0.6) is 11.8 Å². The van der Waals surface area contributed by atoms with Crippen molar-refractivity contribution in [1.82, 2.24) is 38.8 Å². The van der Waals surface area contributed by atoms with E-state index in [4.69, 9.17) is 30.0 Å². The third kappa shape index (κ3) is 5.36. The fourth-order valence-corrected chi connectivity index (χ4v) is 5.33. The third-order valence-electron chi connectivity index (χ3n) is 6.92. The Kier molecular flexibility index (Phi) is 7.97. The van der Waals surface area contributed by atoms with Crippen LogP contribution in [0.15, 0.2) is 12.4 Å². The van der Waals surface area contributed by atoms with E-state index in [1.165, 1.54) is 0 Å². The van der Waals surface area contributed by atoms with Gasteiger partial charge in [0.2, 0.25) is 11.8 Å². The molecule has 13 heteroatoms. The number of rotatable bonds is 6. The number of ether oxygens (including phenoxy) is 3. The summed E-state index contributed by atoms with van der Waals surface area (Å²) in [6.07, 6.45) is 4.88. The minimum absolute atomic E-state index is 0.0200. The van der Waals surface area contributed by atoms with Gasteiger partial charge in [0.15, 0.2) is 11.5 Å². The minimum atomic E-state index is -0.186. The molecule has 0 saturated heterocycles. The summed E-state index contributed by atoms with van der Waals surface area (Å²) in [6, 6.07) is 0. The van der Waals surface area contributed by atoms with Gasteiger partial charge in [-0.15, -0.1) is 5.10 Å². The van der Waals surface area contributed by atoms with Gasteiger partial charge >= 0.3 is 0 Å². The Morgan fingerprint density at radius 3 is 2.75 bits per heavy atom. The smallest absolute Gasteiger partial charge is 0.236 e. The molecule has 1 aliphatic rings. The van der Waals surface area contributed by atoms with Crippen molar-refractivity contribution in [3.05, 3.63) is 35.0 Å². The zero-order valence-electron chi connectivity index (χ0n) is 24.1. The number of aliphatic hydroxyl groups excluding tert-OH is 1. The molecule has 0 fully saturated rings. The van der Waals surface area contributed by atoms with Gasteiger partial charge in [0.25, 0.3) is 0 Å². The summed E-state index contributed by atoms with van der Waals surface area (Å²) in [5.41, 5.74) is 12.1. The Hall–Kier alpha value is -3.68. The maximum atomic E-state index is 9.78. The van der Waals surface area contributed by atoms with Crippen LogP contribution in [-0.2, 0) is 44.3 Å². The first kappa shape index (κ1) is 27.9. The molecule has 13 nitrogen and oxygen atoms in total. The molecule has 0 spiro atoms.